The maximum Gasteiger partial charge on any atom is 0.238 e. The smallest absolute Gasteiger partial charge is 0.238 e. The number of nitrogens with two attached hydrogens (primary N) is 1. The molecular formula is C20H23N5O3S. The lowest BCUT2D eigenvalue weighted by molar-refractivity contribution is 0.506. The summed E-state index contributed by atoms with van der Waals surface area (Å²) in [7, 11) is -3.70. The average molecular weight is 414 g/mol. The number of primary sulfonamides is 1. The van der Waals surface area contributed by atoms with E-state index in [1.165, 1.54) is 12.1 Å². The molecule has 2 aromatic heterocycles. The molecule has 0 aliphatic rings. The predicted molar refractivity (Wildman–Crippen MR) is 110 cm³/mol. The molecule has 9 heteroatoms. The van der Waals surface area contributed by atoms with Crippen LogP contribution >= 0.6 is 0 Å². The van der Waals surface area contributed by atoms with E-state index >= 15 is 0 Å². The number of pyridine rings is 1. The number of furan rings is 1. The van der Waals surface area contributed by atoms with Crippen LogP contribution in [0.3, 0.4) is 0 Å². The zero-order valence-corrected chi connectivity index (χ0v) is 16.6. The summed E-state index contributed by atoms with van der Waals surface area (Å²) in [5, 5.41) is 11.7. The molecule has 0 saturated heterocycles. The van der Waals surface area contributed by atoms with Gasteiger partial charge in [-0.25, -0.2) is 18.5 Å². The molecule has 0 fully saturated rings. The lowest BCUT2D eigenvalue weighted by Gasteiger charge is -2.12. The third-order valence-electron chi connectivity index (χ3n) is 4.08. The van der Waals surface area contributed by atoms with Crippen molar-refractivity contribution >= 4 is 16.0 Å². The number of benzene rings is 1. The summed E-state index contributed by atoms with van der Waals surface area (Å²) in [4.78, 5) is 8.95. The van der Waals surface area contributed by atoms with E-state index in [0.717, 1.165) is 23.4 Å². The van der Waals surface area contributed by atoms with Crippen LogP contribution in [0.5, 0.6) is 0 Å². The molecule has 4 N–H and O–H groups in total. The number of aliphatic imine (C=N–C) groups is 1. The number of rotatable bonds is 8. The number of sulfonamides is 1. The van der Waals surface area contributed by atoms with Gasteiger partial charge in [0.25, 0.3) is 0 Å². The SMILES string of the molecule is NS(=O)(=O)c1ccc(CN=C(NCCc2ccco2)NCc2ccccn2)cc1. The van der Waals surface area contributed by atoms with Crippen molar-refractivity contribution in [2.45, 2.75) is 24.4 Å². The van der Waals surface area contributed by atoms with Crippen molar-refractivity contribution in [1.82, 2.24) is 15.6 Å². The Balaban J connectivity index is 1.63. The zero-order chi connectivity index (χ0) is 20.5. The van der Waals surface area contributed by atoms with Crippen LogP contribution in [0.15, 0.2) is 81.4 Å². The maximum atomic E-state index is 11.4. The van der Waals surface area contributed by atoms with E-state index in [4.69, 9.17) is 9.56 Å². The first-order valence-corrected chi connectivity index (χ1v) is 10.6. The molecule has 29 heavy (non-hydrogen) atoms. The van der Waals surface area contributed by atoms with Crippen LogP contribution in [0.2, 0.25) is 0 Å². The van der Waals surface area contributed by atoms with Gasteiger partial charge < -0.3 is 15.1 Å². The average Bonchev–Trinajstić information content (AvgIpc) is 3.23. The van der Waals surface area contributed by atoms with E-state index in [0.29, 0.717) is 25.6 Å². The largest absolute Gasteiger partial charge is 0.469 e. The van der Waals surface area contributed by atoms with Gasteiger partial charge in [-0.15, -0.1) is 0 Å². The summed E-state index contributed by atoms with van der Waals surface area (Å²) < 4.78 is 28.1. The van der Waals surface area contributed by atoms with Gasteiger partial charge in [-0.1, -0.05) is 18.2 Å². The van der Waals surface area contributed by atoms with Crippen LogP contribution in [-0.2, 0) is 29.5 Å². The maximum absolute atomic E-state index is 11.4. The molecule has 8 nitrogen and oxygen atoms in total. The first kappa shape index (κ1) is 20.6. The Labute approximate surface area is 169 Å². The Bertz CT molecular complexity index is 1020. The second kappa shape index (κ2) is 9.85. The Morgan fingerprint density at radius 3 is 2.55 bits per heavy atom. The third-order valence-corrected chi connectivity index (χ3v) is 5.01. The standard InChI is InChI=1S/C20H23N5O3S/c21-29(26,27)19-8-6-16(7-9-19)14-24-20(23-12-10-18-5-3-13-28-18)25-15-17-4-1-2-11-22-17/h1-9,11,13H,10,12,14-15H2,(H2,21,26,27)(H2,23,24,25). The van der Waals surface area contributed by atoms with Crippen LogP contribution in [0.4, 0.5) is 0 Å². The van der Waals surface area contributed by atoms with Gasteiger partial charge >= 0.3 is 0 Å². The minimum absolute atomic E-state index is 0.0790. The van der Waals surface area contributed by atoms with Gasteiger partial charge in [-0.3, -0.25) is 4.98 Å². The summed E-state index contributed by atoms with van der Waals surface area (Å²) in [5.41, 5.74) is 1.76. The van der Waals surface area contributed by atoms with Crippen molar-refractivity contribution in [3.63, 3.8) is 0 Å². The molecule has 2 heterocycles. The number of guanidine groups is 1. The highest BCUT2D eigenvalue weighted by molar-refractivity contribution is 7.89. The topological polar surface area (TPSA) is 123 Å². The van der Waals surface area contributed by atoms with Crippen LogP contribution in [0, 0.1) is 0 Å². The molecule has 0 unspecified atom stereocenters. The minimum atomic E-state index is -3.70. The van der Waals surface area contributed by atoms with E-state index in [-0.39, 0.29) is 4.90 Å². The number of aromatic nitrogens is 1. The molecule has 1 aromatic carbocycles. The second-order valence-electron chi connectivity index (χ2n) is 6.28. The van der Waals surface area contributed by atoms with Gasteiger partial charge in [0, 0.05) is 19.2 Å². The fourth-order valence-electron chi connectivity index (χ4n) is 2.57. The molecule has 3 rings (SSSR count). The summed E-state index contributed by atoms with van der Waals surface area (Å²) in [6.45, 7) is 1.55. The Morgan fingerprint density at radius 1 is 1.07 bits per heavy atom. The highest BCUT2D eigenvalue weighted by atomic mass is 32.2. The van der Waals surface area contributed by atoms with Crippen molar-refractivity contribution in [2.24, 2.45) is 10.1 Å². The van der Waals surface area contributed by atoms with Crippen LogP contribution < -0.4 is 15.8 Å². The first-order chi connectivity index (χ1) is 14.0. The van der Waals surface area contributed by atoms with Crippen molar-refractivity contribution in [2.75, 3.05) is 6.54 Å². The van der Waals surface area contributed by atoms with Crippen molar-refractivity contribution in [1.29, 1.82) is 0 Å². The highest BCUT2D eigenvalue weighted by Crippen LogP contribution is 2.09. The number of hydrogen-bond donors (Lipinski definition) is 3. The highest BCUT2D eigenvalue weighted by Gasteiger charge is 2.07. The van der Waals surface area contributed by atoms with E-state index < -0.39 is 10.0 Å². The van der Waals surface area contributed by atoms with Gasteiger partial charge in [0.1, 0.15) is 5.76 Å². The van der Waals surface area contributed by atoms with Crippen molar-refractivity contribution in [3.8, 4) is 0 Å². The molecule has 152 valence electrons. The lowest BCUT2D eigenvalue weighted by atomic mass is 10.2. The van der Waals surface area contributed by atoms with Gasteiger partial charge in [0.05, 0.1) is 29.9 Å². The van der Waals surface area contributed by atoms with Crippen LogP contribution in [-0.4, -0.2) is 25.9 Å². The summed E-state index contributed by atoms with van der Waals surface area (Å²) in [6.07, 6.45) is 4.11. The molecule has 0 saturated carbocycles. The Hall–Kier alpha value is -3.17. The molecule has 0 aliphatic heterocycles. The summed E-state index contributed by atoms with van der Waals surface area (Å²) in [5.74, 6) is 1.51. The van der Waals surface area contributed by atoms with Crippen LogP contribution in [0.25, 0.3) is 0 Å². The zero-order valence-electron chi connectivity index (χ0n) is 15.8. The summed E-state index contributed by atoms with van der Waals surface area (Å²) >= 11 is 0. The minimum Gasteiger partial charge on any atom is -0.469 e. The predicted octanol–water partition coefficient (Wildman–Crippen LogP) is 1.80. The fourth-order valence-corrected chi connectivity index (χ4v) is 3.08. The third kappa shape index (κ3) is 6.74. The lowest BCUT2D eigenvalue weighted by Crippen LogP contribution is -2.38. The molecule has 0 bridgehead atoms. The number of nitrogens with zero attached hydrogens (tertiary/aromatic N) is 2. The van der Waals surface area contributed by atoms with Gasteiger partial charge in [0.15, 0.2) is 5.96 Å². The van der Waals surface area contributed by atoms with Crippen LogP contribution in [0.1, 0.15) is 17.0 Å². The normalized spacial score (nSPS) is 12.0. The molecule has 0 aliphatic carbocycles. The van der Waals surface area contributed by atoms with Gasteiger partial charge in [0.2, 0.25) is 10.0 Å². The quantitative estimate of drug-likeness (QED) is 0.382. The molecule has 0 atom stereocenters. The van der Waals surface area contributed by atoms with E-state index in [1.54, 1.807) is 24.6 Å². The van der Waals surface area contributed by atoms with Crippen molar-refractivity contribution in [3.05, 3.63) is 84.1 Å². The summed E-state index contributed by atoms with van der Waals surface area (Å²) in [6, 6.07) is 15.9. The first-order valence-electron chi connectivity index (χ1n) is 9.07. The molecule has 0 amide bonds. The molecule has 3 aromatic rings. The van der Waals surface area contributed by atoms with Gasteiger partial charge in [-0.05, 0) is 42.0 Å². The fraction of sp³-hybridized carbons (Fsp3) is 0.200. The van der Waals surface area contributed by atoms with E-state index in [1.807, 2.05) is 30.3 Å². The molecule has 0 radical (unpaired) electrons. The van der Waals surface area contributed by atoms with Crippen molar-refractivity contribution < 1.29 is 12.8 Å². The Kier molecular flexibility index (Phi) is 6.99. The van der Waals surface area contributed by atoms with E-state index in [2.05, 4.69) is 20.6 Å². The number of nitrogens with one attached hydrogen (secondary N) is 2. The van der Waals surface area contributed by atoms with Gasteiger partial charge in [-0.2, -0.15) is 0 Å². The molecular weight excluding hydrogens is 390 g/mol. The second-order valence-corrected chi connectivity index (χ2v) is 7.85. The molecule has 0 spiro atoms. The number of hydrogen-bond acceptors (Lipinski definition) is 5. The van der Waals surface area contributed by atoms with E-state index in [9.17, 15) is 8.42 Å². The monoisotopic (exact) mass is 413 g/mol. The Morgan fingerprint density at radius 2 is 1.90 bits per heavy atom.